The first-order valence-corrected chi connectivity index (χ1v) is 30.1. The number of fused-ring (bicyclic) bond motifs is 21. The fourth-order valence-corrected chi connectivity index (χ4v) is 15.5. The summed E-state index contributed by atoms with van der Waals surface area (Å²) in [5, 5.41) is 17.5. The molecule has 2 unspecified atom stereocenters. The standard InChI is InChI=1S/C81H49N3S/c1-5-25-63-58(20-1)59-21-3-6-26-64(59)76-47-84-77(46-73(63)76)56-19-13-17-51(40-56)50-16-12-18-55(39-50)70-44-57(45-75-68-27-9-10-29-78(68)85-81(70)75)54-32-33-65-60-22-2-4-24-62(60)71-41-52(31-35-67(71)72(65)42-54)48-14-11-15-49(38-48)53-30-34-66-61-23-7-8-28-69(61)79-80(74(66)43-53)83-37-36-82-79/h1-47,66,74H. The third-order valence-electron chi connectivity index (χ3n) is 18.3. The lowest BCUT2D eigenvalue weighted by Gasteiger charge is -2.33. The quantitative estimate of drug-likeness (QED) is 0.156. The molecule has 2 aliphatic carbocycles. The Hall–Kier alpha value is -10.7. The van der Waals surface area contributed by atoms with Gasteiger partial charge in [0.05, 0.1) is 17.1 Å². The first-order chi connectivity index (χ1) is 42.1. The van der Waals surface area contributed by atoms with Crippen molar-refractivity contribution in [1.29, 1.82) is 0 Å². The molecule has 3 heterocycles. The molecule has 2 aliphatic rings. The van der Waals surface area contributed by atoms with Crippen LogP contribution in [0.25, 0.3) is 157 Å². The summed E-state index contributed by atoms with van der Waals surface area (Å²) in [6.45, 7) is 0. The Morgan fingerprint density at radius 2 is 0.812 bits per heavy atom. The van der Waals surface area contributed by atoms with Gasteiger partial charge in [0.1, 0.15) is 0 Å². The van der Waals surface area contributed by atoms with Crippen LogP contribution in [0.3, 0.4) is 0 Å². The number of benzene rings is 13. The average Bonchev–Trinajstić information content (AvgIpc) is 1.75. The number of nitrogens with zero attached hydrogens (tertiary/aromatic N) is 3. The average molecular weight is 1100 g/mol. The summed E-state index contributed by atoms with van der Waals surface area (Å²) in [6, 6.07) is 92.4. The van der Waals surface area contributed by atoms with Crippen molar-refractivity contribution < 1.29 is 0 Å². The summed E-state index contributed by atoms with van der Waals surface area (Å²) in [5.41, 5.74) is 18.5. The van der Waals surface area contributed by atoms with Crippen LogP contribution in [0.1, 0.15) is 28.7 Å². The van der Waals surface area contributed by atoms with Crippen LogP contribution in [0.15, 0.2) is 286 Å². The molecule has 0 aliphatic heterocycles. The second kappa shape index (κ2) is 18.9. The van der Waals surface area contributed by atoms with Crippen molar-refractivity contribution in [2.75, 3.05) is 0 Å². The van der Waals surface area contributed by atoms with Crippen molar-refractivity contribution in [3.63, 3.8) is 0 Å². The van der Waals surface area contributed by atoms with Crippen LogP contribution in [-0.2, 0) is 0 Å². The topological polar surface area (TPSA) is 38.7 Å². The fourth-order valence-electron chi connectivity index (χ4n) is 14.3. The maximum Gasteiger partial charge on any atom is 0.0926 e. The van der Waals surface area contributed by atoms with Gasteiger partial charge in [-0.3, -0.25) is 15.0 Å². The molecule has 394 valence electrons. The SMILES string of the molecule is C1=CC2c3ccccc3-c3nccnc3C2C=C1c1cccc(-c2ccc3c(c2)c2ccccc2c2ccc(-c4cc(-c5cccc(-c6cccc(-c7cc8c9ccccc9c9ccccc9c8cn7)c6)c5)c5sc6ccccc6c5c4)cc23)c1. The highest BCUT2D eigenvalue weighted by molar-refractivity contribution is 7.26. The summed E-state index contributed by atoms with van der Waals surface area (Å²) in [4.78, 5) is 14.9. The second-order valence-electron chi connectivity index (χ2n) is 22.9. The number of hydrogen-bond donors (Lipinski definition) is 0. The molecule has 3 nitrogen and oxygen atoms in total. The van der Waals surface area contributed by atoms with Gasteiger partial charge < -0.3 is 0 Å². The van der Waals surface area contributed by atoms with Crippen molar-refractivity contribution in [1.82, 2.24) is 15.0 Å². The van der Waals surface area contributed by atoms with E-state index in [-0.39, 0.29) is 11.8 Å². The normalized spacial score (nSPS) is 14.6. The van der Waals surface area contributed by atoms with Gasteiger partial charge in [-0.1, -0.05) is 212 Å². The van der Waals surface area contributed by atoms with E-state index in [1.807, 2.05) is 23.7 Å². The van der Waals surface area contributed by atoms with Gasteiger partial charge in [-0.25, -0.2) is 0 Å². The minimum atomic E-state index is 0.107. The maximum atomic E-state index is 5.13. The molecular weight excluding hydrogens is 1050 g/mol. The van der Waals surface area contributed by atoms with E-state index in [2.05, 4.69) is 273 Å². The summed E-state index contributed by atoms with van der Waals surface area (Å²) in [7, 11) is 0. The molecule has 0 spiro atoms. The van der Waals surface area contributed by atoms with E-state index in [9.17, 15) is 0 Å². The fraction of sp³-hybridized carbons (Fsp3) is 0.0247. The Kier molecular flexibility index (Phi) is 10.7. The molecule has 16 aromatic rings. The Bertz CT molecular complexity index is 5550. The van der Waals surface area contributed by atoms with Crippen LogP contribution in [0, 0.1) is 0 Å². The van der Waals surface area contributed by atoms with E-state index in [1.165, 1.54) is 146 Å². The number of aromatic nitrogens is 3. The van der Waals surface area contributed by atoms with Crippen molar-refractivity contribution in [3.8, 4) is 67.0 Å². The highest BCUT2D eigenvalue weighted by Gasteiger charge is 2.35. The summed E-state index contributed by atoms with van der Waals surface area (Å²) >= 11 is 1.88. The van der Waals surface area contributed by atoms with Gasteiger partial charge in [-0.15, -0.1) is 11.3 Å². The molecule has 18 rings (SSSR count). The first kappa shape index (κ1) is 47.9. The highest BCUT2D eigenvalue weighted by Crippen LogP contribution is 2.51. The van der Waals surface area contributed by atoms with Gasteiger partial charge in [-0.2, -0.15) is 0 Å². The Labute approximate surface area is 494 Å². The van der Waals surface area contributed by atoms with E-state index >= 15 is 0 Å². The smallest absolute Gasteiger partial charge is 0.0926 e. The molecule has 4 heteroatoms. The monoisotopic (exact) mass is 1100 g/mol. The van der Waals surface area contributed by atoms with Gasteiger partial charge in [0.15, 0.2) is 0 Å². The van der Waals surface area contributed by atoms with Crippen LogP contribution in [0.2, 0.25) is 0 Å². The zero-order valence-corrected chi connectivity index (χ0v) is 46.9. The van der Waals surface area contributed by atoms with Gasteiger partial charge in [-0.05, 0) is 169 Å². The van der Waals surface area contributed by atoms with Gasteiger partial charge in [0, 0.05) is 72.7 Å². The summed E-state index contributed by atoms with van der Waals surface area (Å²) in [5.74, 6) is 0.324. The number of thiophene rings is 1. The number of pyridine rings is 1. The van der Waals surface area contributed by atoms with E-state index in [0.29, 0.717) is 0 Å². The molecule has 0 bridgehead atoms. The molecule has 0 saturated heterocycles. The van der Waals surface area contributed by atoms with E-state index in [4.69, 9.17) is 15.0 Å². The zero-order valence-electron chi connectivity index (χ0n) is 46.0. The number of rotatable bonds is 6. The van der Waals surface area contributed by atoms with Crippen molar-refractivity contribution >= 4 is 102 Å². The van der Waals surface area contributed by atoms with E-state index < -0.39 is 0 Å². The molecule has 0 amide bonds. The Balaban J connectivity index is 0.728. The molecule has 0 saturated carbocycles. The largest absolute Gasteiger partial charge is 0.257 e. The molecule has 3 aromatic heterocycles. The maximum absolute atomic E-state index is 5.13. The summed E-state index contributed by atoms with van der Waals surface area (Å²) < 4.78 is 2.58. The second-order valence-corrected chi connectivity index (χ2v) is 24.0. The van der Waals surface area contributed by atoms with Gasteiger partial charge in [0.2, 0.25) is 0 Å². The molecule has 0 N–H and O–H groups in total. The number of hydrogen-bond acceptors (Lipinski definition) is 4. The van der Waals surface area contributed by atoms with E-state index in [0.717, 1.165) is 28.2 Å². The van der Waals surface area contributed by atoms with Crippen LogP contribution >= 0.6 is 11.3 Å². The Morgan fingerprint density at radius 3 is 1.53 bits per heavy atom. The predicted octanol–water partition coefficient (Wildman–Crippen LogP) is 22.0. The minimum absolute atomic E-state index is 0.107. The van der Waals surface area contributed by atoms with E-state index in [1.54, 1.807) is 0 Å². The molecular formula is C81H49N3S. The molecule has 85 heavy (non-hydrogen) atoms. The van der Waals surface area contributed by atoms with Crippen LogP contribution in [0.4, 0.5) is 0 Å². The predicted molar refractivity (Wildman–Crippen MR) is 359 cm³/mol. The van der Waals surface area contributed by atoms with Gasteiger partial charge in [0.25, 0.3) is 0 Å². The third kappa shape index (κ3) is 7.62. The van der Waals surface area contributed by atoms with Gasteiger partial charge >= 0.3 is 0 Å². The lowest BCUT2D eigenvalue weighted by atomic mass is 9.72. The zero-order chi connectivity index (χ0) is 55.7. The third-order valence-corrected chi connectivity index (χ3v) is 19.5. The lowest BCUT2D eigenvalue weighted by molar-refractivity contribution is 0.694. The molecule has 0 fully saturated rings. The highest BCUT2D eigenvalue weighted by atomic mass is 32.1. The number of allylic oxidation sites excluding steroid dienone is 4. The van der Waals surface area contributed by atoms with Crippen LogP contribution in [-0.4, -0.2) is 15.0 Å². The summed E-state index contributed by atoms with van der Waals surface area (Å²) in [6.07, 6.45) is 12.8. The van der Waals surface area contributed by atoms with Crippen molar-refractivity contribution in [2.45, 2.75) is 11.8 Å². The van der Waals surface area contributed by atoms with Crippen molar-refractivity contribution in [3.05, 3.63) is 302 Å². The first-order valence-electron chi connectivity index (χ1n) is 29.3. The Morgan fingerprint density at radius 1 is 0.306 bits per heavy atom. The molecule has 13 aromatic carbocycles. The lowest BCUT2D eigenvalue weighted by Crippen LogP contribution is -2.19. The van der Waals surface area contributed by atoms with Crippen LogP contribution in [0.5, 0.6) is 0 Å². The minimum Gasteiger partial charge on any atom is -0.257 e. The molecule has 0 radical (unpaired) electrons. The van der Waals surface area contributed by atoms with Crippen LogP contribution < -0.4 is 0 Å². The van der Waals surface area contributed by atoms with Crippen molar-refractivity contribution in [2.24, 2.45) is 0 Å². The molecule has 2 atom stereocenters.